The minimum atomic E-state index is -1.72. The molecule has 31 nitrogen and oxygen atoms in total. The van der Waals surface area contributed by atoms with Crippen molar-refractivity contribution in [2.75, 3.05) is 43.9 Å². The van der Waals surface area contributed by atoms with Gasteiger partial charge < -0.3 is 99.2 Å². The van der Waals surface area contributed by atoms with Crippen LogP contribution < -0.4 is 94.1 Å². The van der Waals surface area contributed by atoms with Crippen LogP contribution in [-0.2, 0) is 47.9 Å². The van der Waals surface area contributed by atoms with Crippen molar-refractivity contribution in [2.45, 2.75) is 166 Å². The van der Waals surface area contributed by atoms with Gasteiger partial charge in [0.05, 0.1) is 12.5 Å². The Morgan fingerprint density at radius 3 is 1.11 bits per heavy atom. The molecular weight excluding hydrogens is 1100 g/mol. The zero-order valence-corrected chi connectivity index (χ0v) is 48.9. The number of carboxylic acids is 1. The number of hydrogen-bond donors (Lipinski definition) is 19. The van der Waals surface area contributed by atoms with Crippen LogP contribution in [0.5, 0.6) is 0 Å². The number of nitrogens with one attached hydrogen (secondary N) is 8. The van der Waals surface area contributed by atoms with Crippen LogP contribution in [-0.4, -0.2) is 180 Å². The number of unbranched alkanes of at least 4 members (excludes halogenated alkanes) is 1. The maximum Gasteiger partial charge on any atom is 0.326 e. The number of aliphatic imine (C=N–C) groups is 3. The fraction of sp³-hybridized carbons (Fsp3) is 0.729. The first-order valence-electron chi connectivity index (χ1n) is 26.7. The lowest BCUT2D eigenvalue weighted by Gasteiger charge is -2.28. The minimum absolute atomic E-state index is 0.00120. The SMILES string of the molecule is CSCC[C@H](NC(=O)[C@@H](N)CC(C)C)C(=O)N[C@@H](CCCN=C(N)N)C(=O)N[C@@H](CS)C(=O)N[C@@H](CCCCN)C(=O)N[C@@H](CCCN=C(N)N)C(=O)N[C@@H](CCCN=C(N)N)C(=O)N[C@@H](CC(C)C)C(=O)N[C@@H](CC(N)=O)C(=O)O. The molecule has 0 aliphatic rings. The highest BCUT2D eigenvalue weighted by atomic mass is 32.2. The smallest absolute Gasteiger partial charge is 0.326 e. The molecule has 0 radical (unpaired) electrons. The first kappa shape index (κ1) is 74.1. The highest BCUT2D eigenvalue weighted by molar-refractivity contribution is 7.98. The Morgan fingerprint density at radius 1 is 0.457 bits per heavy atom. The number of carbonyl (C=O) groups is 10. The first-order chi connectivity index (χ1) is 38.1. The Morgan fingerprint density at radius 2 is 0.778 bits per heavy atom. The van der Waals surface area contributed by atoms with Gasteiger partial charge >= 0.3 is 5.97 Å². The van der Waals surface area contributed by atoms with Gasteiger partial charge in [-0.15, -0.1) is 0 Å². The number of nitrogens with zero attached hydrogens (tertiary/aromatic N) is 3. The van der Waals surface area contributed by atoms with Crippen molar-refractivity contribution in [1.82, 2.24) is 42.5 Å². The summed E-state index contributed by atoms with van der Waals surface area (Å²) in [6.45, 7) is 7.55. The monoisotopic (exact) mass is 1190 g/mol. The number of carbonyl (C=O) groups excluding carboxylic acids is 9. The zero-order chi connectivity index (χ0) is 61.8. The predicted octanol–water partition coefficient (Wildman–Crippen LogP) is -5.78. The summed E-state index contributed by atoms with van der Waals surface area (Å²) in [4.78, 5) is 147. The van der Waals surface area contributed by atoms with Crippen molar-refractivity contribution < 1.29 is 53.1 Å². The Kier molecular flexibility index (Phi) is 37.7. The average Bonchev–Trinajstić information content (AvgIpc) is 3.40. The molecule has 33 heteroatoms. The molecule has 0 heterocycles. The molecule has 0 bridgehead atoms. The second-order valence-corrected chi connectivity index (χ2v) is 21.3. The van der Waals surface area contributed by atoms with Crippen LogP contribution in [0.3, 0.4) is 0 Å². The van der Waals surface area contributed by atoms with Crippen LogP contribution in [0.15, 0.2) is 15.0 Å². The molecule has 81 heavy (non-hydrogen) atoms. The third-order valence-corrected chi connectivity index (χ3v) is 12.8. The standard InChI is InChI=1S/C48H92N20O11S2/c1-25(2)21-27(50)37(70)61-32(15-20-81-5)42(75)64-31(14-10-19-60-48(56)57)41(74)68-35(24-80)44(77)65-28(11-6-7-16-49)38(71)62-29(12-8-17-58-46(52)53)39(72)63-30(13-9-18-59-47(54)55)40(73)66-33(22-26(3)4)43(76)67-34(45(78)79)23-36(51)69/h25-35,80H,6-24,49-50H2,1-5H3,(H2,51,69)(H,61,70)(H,62,71)(H,63,72)(H,64,75)(H,65,77)(H,66,73)(H,67,76)(H,68,74)(H,78,79)(H4,52,53,58)(H4,54,55,59)(H4,56,57,60)/t27-,28-,29-,30-,31-,32-,33-,34-,35-/m0/s1. The van der Waals surface area contributed by atoms with Crippen molar-refractivity contribution in [1.29, 1.82) is 0 Å². The third-order valence-electron chi connectivity index (χ3n) is 11.8. The molecule has 0 aliphatic carbocycles. The normalized spacial score (nSPS) is 14.3. The third kappa shape index (κ3) is 33.5. The quantitative estimate of drug-likeness (QED) is 0.0117. The molecule has 0 fully saturated rings. The number of carboxylic acid groups (broad SMARTS) is 1. The number of thiol groups is 1. The van der Waals surface area contributed by atoms with Crippen molar-refractivity contribution in [3.8, 4) is 0 Å². The van der Waals surface area contributed by atoms with E-state index in [0.29, 0.717) is 25.0 Å². The maximum absolute atomic E-state index is 14.4. The van der Waals surface area contributed by atoms with E-state index >= 15 is 0 Å². The van der Waals surface area contributed by atoms with E-state index < -0.39 is 120 Å². The largest absolute Gasteiger partial charge is 0.480 e. The number of hydrogen-bond acceptors (Lipinski definition) is 17. The molecule has 0 unspecified atom stereocenters. The second-order valence-electron chi connectivity index (χ2n) is 20.0. The molecule has 0 saturated heterocycles. The van der Waals surface area contributed by atoms with Crippen LogP contribution in [0.25, 0.3) is 0 Å². The average molecular weight is 1190 g/mol. The van der Waals surface area contributed by atoms with Gasteiger partial charge in [0.2, 0.25) is 53.2 Å². The maximum atomic E-state index is 14.4. The second kappa shape index (κ2) is 41.2. The van der Waals surface area contributed by atoms with Gasteiger partial charge in [-0.3, -0.25) is 58.1 Å². The Hall–Kier alpha value is -6.87. The summed E-state index contributed by atoms with van der Waals surface area (Å²) in [5.74, 6) is -9.83. The van der Waals surface area contributed by atoms with E-state index in [0.717, 1.165) is 0 Å². The van der Waals surface area contributed by atoms with Gasteiger partial charge in [-0.25, -0.2) is 4.79 Å². The van der Waals surface area contributed by atoms with E-state index in [1.807, 2.05) is 20.1 Å². The number of thioether (sulfide) groups is 1. The van der Waals surface area contributed by atoms with Crippen LogP contribution in [0, 0.1) is 11.8 Å². The molecule has 0 spiro atoms. The molecule has 0 aliphatic heterocycles. The lowest BCUT2D eigenvalue weighted by Crippen LogP contribution is -2.60. The van der Waals surface area contributed by atoms with Gasteiger partial charge in [0.25, 0.3) is 0 Å². The van der Waals surface area contributed by atoms with E-state index in [4.69, 9.17) is 51.6 Å². The van der Waals surface area contributed by atoms with E-state index in [9.17, 15) is 53.1 Å². The van der Waals surface area contributed by atoms with Gasteiger partial charge in [0.15, 0.2) is 17.9 Å². The van der Waals surface area contributed by atoms with E-state index in [2.05, 4.69) is 70.1 Å². The van der Waals surface area contributed by atoms with Crippen molar-refractivity contribution in [3.63, 3.8) is 0 Å². The molecule has 9 amide bonds. The number of guanidine groups is 3. The molecule has 0 aromatic carbocycles. The van der Waals surface area contributed by atoms with Gasteiger partial charge in [0, 0.05) is 25.4 Å². The summed E-state index contributed by atoms with van der Waals surface area (Å²) in [7, 11) is 0. The highest BCUT2D eigenvalue weighted by Crippen LogP contribution is 2.12. The summed E-state index contributed by atoms with van der Waals surface area (Å²) < 4.78 is 0. The summed E-state index contributed by atoms with van der Waals surface area (Å²) in [5, 5.41) is 30.3. The number of nitrogens with two attached hydrogens (primary N) is 9. The molecule has 0 rings (SSSR count). The molecule has 0 aromatic heterocycles. The molecule has 462 valence electrons. The number of amides is 9. The minimum Gasteiger partial charge on any atom is -0.480 e. The number of aliphatic carboxylic acids is 1. The van der Waals surface area contributed by atoms with Gasteiger partial charge in [0.1, 0.15) is 48.3 Å². The summed E-state index contributed by atoms with van der Waals surface area (Å²) in [5.41, 5.74) is 50.1. The fourth-order valence-electron chi connectivity index (χ4n) is 7.68. The van der Waals surface area contributed by atoms with Crippen molar-refractivity contribution >= 4 is 101 Å². The van der Waals surface area contributed by atoms with Crippen LogP contribution in [0.2, 0.25) is 0 Å². The van der Waals surface area contributed by atoms with Crippen LogP contribution in [0.1, 0.15) is 111 Å². The van der Waals surface area contributed by atoms with E-state index in [-0.39, 0.29) is 119 Å². The molecule has 27 N–H and O–H groups in total. The lowest BCUT2D eigenvalue weighted by atomic mass is 10.0. The fourth-order valence-corrected chi connectivity index (χ4v) is 8.41. The van der Waals surface area contributed by atoms with E-state index in [1.165, 1.54) is 11.8 Å². The van der Waals surface area contributed by atoms with E-state index in [1.54, 1.807) is 13.8 Å². The van der Waals surface area contributed by atoms with Crippen LogP contribution in [0.4, 0.5) is 0 Å². The van der Waals surface area contributed by atoms with Crippen molar-refractivity contribution in [2.24, 2.45) is 78.4 Å². The van der Waals surface area contributed by atoms with Gasteiger partial charge in [-0.1, -0.05) is 27.7 Å². The molecule has 0 aromatic rings. The van der Waals surface area contributed by atoms with Gasteiger partial charge in [-0.2, -0.15) is 24.4 Å². The first-order valence-corrected chi connectivity index (χ1v) is 28.7. The van der Waals surface area contributed by atoms with Gasteiger partial charge in [-0.05, 0) is 107 Å². The number of rotatable bonds is 43. The highest BCUT2D eigenvalue weighted by Gasteiger charge is 2.35. The summed E-state index contributed by atoms with van der Waals surface area (Å²) >= 11 is 5.75. The molecule has 0 saturated carbocycles. The Bertz CT molecular complexity index is 2130. The topological polar surface area (TPSA) is 558 Å². The summed E-state index contributed by atoms with van der Waals surface area (Å²) in [6, 6.07) is -12.0. The molecule has 9 atom stereocenters. The molecular formula is C48H92N20O11S2. The lowest BCUT2D eigenvalue weighted by molar-refractivity contribution is -0.144. The Balaban J connectivity index is 7.03. The predicted molar refractivity (Wildman–Crippen MR) is 313 cm³/mol. The van der Waals surface area contributed by atoms with Crippen molar-refractivity contribution in [3.05, 3.63) is 0 Å². The zero-order valence-electron chi connectivity index (χ0n) is 47.2. The Labute approximate surface area is 483 Å². The summed E-state index contributed by atoms with van der Waals surface area (Å²) in [6.07, 6.45) is 2.41. The van der Waals surface area contributed by atoms with Crippen LogP contribution >= 0.6 is 24.4 Å². The number of primary amides is 1.